The van der Waals surface area contributed by atoms with E-state index in [0.29, 0.717) is 6.54 Å². The zero-order valence-corrected chi connectivity index (χ0v) is 13.7. The molecule has 0 radical (unpaired) electrons. The zero-order valence-electron chi connectivity index (χ0n) is 11.4. The molecule has 2 nitrogen and oxygen atoms in total. The molecule has 0 spiro atoms. The Morgan fingerprint density at radius 1 is 1.29 bits per heavy atom. The third-order valence-electron chi connectivity index (χ3n) is 3.33. The minimum absolute atomic E-state index is 0.218. The molecule has 0 saturated heterocycles. The molecule has 1 atom stereocenters. The lowest BCUT2D eigenvalue weighted by Gasteiger charge is -2.10. The number of imidazole rings is 1. The summed E-state index contributed by atoms with van der Waals surface area (Å²) in [6.45, 7) is 2.43. The van der Waals surface area contributed by atoms with Crippen molar-refractivity contribution < 1.29 is 4.39 Å². The van der Waals surface area contributed by atoms with Gasteiger partial charge in [0, 0.05) is 11.0 Å². The molecule has 0 aliphatic carbocycles. The Balaban J connectivity index is 2.13. The molecule has 3 aromatic rings. The van der Waals surface area contributed by atoms with Crippen molar-refractivity contribution in [1.82, 2.24) is 9.55 Å². The van der Waals surface area contributed by atoms with E-state index in [0.717, 1.165) is 26.9 Å². The van der Waals surface area contributed by atoms with Crippen LogP contribution in [0, 0.1) is 5.82 Å². The summed E-state index contributed by atoms with van der Waals surface area (Å²) in [6.07, 6.45) is 0. The van der Waals surface area contributed by atoms with E-state index in [1.54, 1.807) is 6.07 Å². The third kappa shape index (κ3) is 2.97. The molecular weight excluding hydrogens is 355 g/mol. The number of halogens is 3. The van der Waals surface area contributed by atoms with Crippen LogP contribution in [-0.4, -0.2) is 9.55 Å². The van der Waals surface area contributed by atoms with E-state index in [1.807, 2.05) is 35.8 Å². The van der Waals surface area contributed by atoms with E-state index in [1.165, 1.54) is 12.1 Å². The Kier molecular flexibility index (Phi) is 4.00. The van der Waals surface area contributed by atoms with Crippen molar-refractivity contribution in [3.05, 3.63) is 64.1 Å². The Bertz CT molecular complexity index is 798. The number of alkyl halides is 1. The second-order valence-electron chi connectivity index (χ2n) is 4.94. The number of fused-ring (bicyclic) bond motifs is 1. The van der Waals surface area contributed by atoms with Gasteiger partial charge in [-0.25, -0.2) is 9.37 Å². The molecular formula is C16H13BrClFN2. The highest BCUT2D eigenvalue weighted by molar-refractivity contribution is 9.10. The number of aromatic nitrogens is 2. The molecule has 0 bridgehead atoms. The van der Waals surface area contributed by atoms with Crippen molar-refractivity contribution in [2.45, 2.75) is 18.8 Å². The fourth-order valence-electron chi connectivity index (χ4n) is 2.41. The van der Waals surface area contributed by atoms with Crippen LogP contribution in [-0.2, 0) is 6.54 Å². The van der Waals surface area contributed by atoms with Crippen LogP contribution >= 0.6 is 27.5 Å². The van der Waals surface area contributed by atoms with Crippen LogP contribution in [0.3, 0.4) is 0 Å². The molecule has 21 heavy (non-hydrogen) atoms. The molecule has 0 aliphatic heterocycles. The topological polar surface area (TPSA) is 17.8 Å². The lowest BCUT2D eigenvalue weighted by atomic mass is 10.2. The average molecular weight is 368 g/mol. The van der Waals surface area contributed by atoms with Crippen LogP contribution in [0.15, 0.2) is 46.9 Å². The maximum atomic E-state index is 13.4. The van der Waals surface area contributed by atoms with Crippen molar-refractivity contribution in [1.29, 1.82) is 0 Å². The molecule has 5 heteroatoms. The first-order valence-corrected chi connectivity index (χ1v) is 7.82. The van der Waals surface area contributed by atoms with Gasteiger partial charge in [0.15, 0.2) is 0 Å². The number of rotatable bonds is 3. The van der Waals surface area contributed by atoms with Gasteiger partial charge in [0.2, 0.25) is 0 Å². The highest BCUT2D eigenvalue weighted by Gasteiger charge is 2.15. The first-order valence-electron chi connectivity index (χ1n) is 6.59. The number of hydrogen-bond donors (Lipinski definition) is 0. The van der Waals surface area contributed by atoms with Crippen LogP contribution < -0.4 is 0 Å². The Morgan fingerprint density at radius 2 is 2.10 bits per heavy atom. The van der Waals surface area contributed by atoms with E-state index >= 15 is 0 Å². The molecule has 0 saturated carbocycles. The summed E-state index contributed by atoms with van der Waals surface area (Å²) in [4.78, 5) is 4.60. The van der Waals surface area contributed by atoms with Gasteiger partial charge in [-0.1, -0.05) is 28.1 Å². The minimum Gasteiger partial charge on any atom is -0.322 e. The van der Waals surface area contributed by atoms with E-state index in [2.05, 4.69) is 20.9 Å². The number of benzene rings is 2. The van der Waals surface area contributed by atoms with Gasteiger partial charge in [-0.3, -0.25) is 0 Å². The Hall–Kier alpha value is -1.39. The molecule has 2 aromatic carbocycles. The maximum absolute atomic E-state index is 13.4. The van der Waals surface area contributed by atoms with Crippen molar-refractivity contribution in [2.24, 2.45) is 0 Å². The fraction of sp³-hybridized carbons (Fsp3) is 0.188. The van der Waals surface area contributed by atoms with Crippen LogP contribution in [0.5, 0.6) is 0 Å². The second kappa shape index (κ2) is 5.78. The molecule has 0 aliphatic rings. The molecule has 0 fully saturated rings. The predicted octanol–water partition coefficient (Wildman–Crippen LogP) is 5.29. The summed E-state index contributed by atoms with van der Waals surface area (Å²) in [5.41, 5.74) is 2.75. The van der Waals surface area contributed by atoms with Gasteiger partial charge in [-0.15, -0.1) is 11.6 Å². The molecule has 0 amide bonds. The van der Waals surface area contributed by atoms with Gasteiger partial charge < -0.3 is 4.57 Å². The van der Waals surface area contributed by atoms with Crippen LogP contribution in [0.4, 0.5) is 4.39 Å². The largest absolute Gasteiger partial charge is 0.322 e. The fourth-order valence-corrected chi connectivity index (χ4v) is 2.92. The maximum Gasteiger partial charge on any atom is 0.128 e. The van der Waals surface area contributed by atoms with Gasteiger partial charge in [0.1, 0.15) is 11.6 Å². The first kappa shape index (κ1) is 14.5. The summed E-state index contributed by atoms with van der Waals surface area (Å²) >= 11 is 9.70. The number of hydrogen-bond acceptors (Lipinski definition) is 1. The molecule has 1 unspecified atom stereocenters. The summed E-state index contributed by atoms with van der Waals surface area (Å²) in [7, 11) is 0. The lowest BCUT2D eigenvalue weighted by Crippen LogP contribution is -2.06. The van der Waals surface area contributed by atoms with E-state index < -0.39 is 0 Å². The molecule has 108 valence electrons. The molecule has 0 N–H and O–H groups in total. The van der Waals surface area contributed by atoms with Gasteiger partial charge in [-0.05, 0) is 42.8 Å². The van der Waals surface area contributed by atoms with Crippen molar-refractivity contribution >= 4 is 38.6 Å². The Labute approximate surface area is 135 Å². The second-order valence-corrected chi connectivity index (χ2v) is 6.51. The SMILES string of the molecule is CC(Cl)c1nc2cc(Br)ccc2n1Cc1cccc(F)c1. The smallest absolute Gasteiger partial charge is 0.128 e. The molecule has 1 aromatic heterocycles. The van der Waals surface area contributed by atoms with Crippen molar-refractivity contribution in [2.75, 3.05) is 0 Å². The summed E-state index contributed by atoms with van der Waals surface area (Å²) in [6, 6.07) is 12.5. The highest BCUT2D eigenvalue weighted by Crippen LogP contribution is 2.27. The normalized spacial score (nSPS) is 12.8. The highest BCUT2D eigenvalue weighted by atomic mass is 79.9. The van der Waals surface area contributed by atoms with Crippen LogP contribution in [0.1, 0.15) is 23.7 Å². The minimum atomic E-state index is -0.236. The first-order chi connectivity index (χ1) is 10.0. The monoisotopic (exact) mass is 366 g/mol. The van der Waals surface area contributed by atoms with Gasteiger partial charge in [0.25, 0.3) is 0 Å². The van der Waals surface area contributed by atoms with E-state index in [4.69, 9.17) is 11.6 Å². The third-order valence-corrected chi connectivity index (χ3v) is 4.01. The lowest BCUT2D eigenvalue weighted by molar-refractivity contribution is 0.623. The van der Waals surface area contributed by atoms with E-state index in [9.17, 15) is 4.39 Å². The number of nitrogens with zero attached hydrogens (tertiary/aromatic N) is 2. The summed E-state index contributed by atoms with van der Waals surface area (Å²) < 4.78 is 16.4. The zero-order chi connectivity index (χ0) is 15.0. The van der Waals surface area contributed by atoms with Crippen molar-refractivity contribution in [3.8, 4) is 0 Å². The van der Waals surface area contributed by atoms with Crippen LogP contribution in [0.25, 0.3) is 11.0 Å². The van der Waals surface area contributed by atoms with Gasteiger partial charge >= 0.3 is 0 Å². The van der Waals surface area contributed by atoms with Crippen molar-refractivity contribution in [3.63, 3.8) is 0 Å². The predicted molar refractivity (Wildman–Crippen MR) is 87.2 cm³/mol. The van der Waals surface area contributed by atoms with Gasteiger partial charge in [-0.2, -0.15) is 0 Å². The molecule has 3 rings (SSSR count). The average Bonchev–Trinajstić information content (AvgIpc) is 2.77. The molecule has 1 heterocycles. The summed E-state index contributed by atoms with van der Waals surface area (Å²) in [5, 5.41) is -0.218. The standard InChI is InChI=1S/C16H13BrClFN2/c1-10(18)16-20-14-8-12(17)5-6-15(14)21(16)9-11-3-2-4-13(19)7-11/h2-8,10H,9H2,1H3. The quantitative estimate of drug-likeness (QED) is 0.575. The van der Waals surface area contributed by atoms with E-state index in [-0.39, 0.29) is 11.2 Å². The van der Waals surface area contributed by atoms with Gasteiger partial charge in [0.05, 0.1) is 16.4 Å². The Morgan fingerprint density at radius 3 is 2.81 bits per heavy atom. The van der Waals surface area contributed by atoms with Crippen LogP contribution in [0.2, 0.25) is 0 Å². The summed E-state index contributed by atoms with van der Waals surface area (Å²) in [5.74, 6) is 0.550.